The van der Waals surface area contributed by atoms with Gasteiger partial charge in [0.15, 0.2) is 0 Å². The average molecular weight is 244 g/mol. The van der Waals surface area contributed by atoms with Crippen LogP contribution in [0.15, 0.2) is 24.3 Å². The third-order valence-corrected chi connectivity index (χ3v) is 4.77. The molecule has 4 heterocycles. The van der Waals surface area contributed by atoms with Crippen molar-refractivity contribution in [1.29, 1.82) is 0 Å². The first-order valence-corrected chi connectivity index (χ1v) is 7.10. The van der Waals surface area contributed by atoms with Crippen molar-refractivity contribution in [3.8, 4) is 5.75 Å². The van der Waals surface area contributed by atoms with Crippen molar-refractivity contribution in [2.75, 3.05) is 26.2 Å². The number of rotatable bonds is 2. The summed E-state index contributed by atoms with van der Waals surface area (Å²) in [6.07, 6.45) is 2.74. The summed E-state index contributed by atoms with van der Waals surface area (Å²) in [7, 11) is 0. The Kier molecular flexibility index (Phi) is 2.55. The summed E-state index contributed by atoms with van der Waals surface area (Å²) in [5.41, 5.74) is 1.34. The fraction of sp³-hybridized carbons (Fsp3) is 0.600. The van der Waals surface area contributed by atoms with Gasteiger partial charge in [-0.25, -0.2) is 0 Å². The molecule has 0 spiro atoms. The van der Waals surface area contributed by atoms with Gasteiger partial charge in [-0.1, -0.05) is 18.2 Å². The molecule has 0 amide bonds. The van der Waals surface area contributed by atoms with E-state index in [1.807, 2.05) is 0 Å². The zero-order valence-corrected chi connectivity index (χ0v) is 10.6. The van der Waals surface area contributed by atoms with Gasteiger partial charge in [0.25, 0.3) is 0 Å². The first-order valence-electron chi connectivity index (χ1n) is 7.10. The van der Waals surface area contributed by atoms with Crippen LogP contribution in [0.25, 0.3) is 0 Å². The lowest BCUT2D eigenvalue weighted by Gasteiger charge is -2.45. The van der Waals surface area contributed by atoms with Crippen molar-refractivity contribution in [3.05, 3.63) is 29.8 Å². The van der Waals surface area contributed by atoms with Gasteiger partial charge in [-0.3, -0.25) is 0 Å². The van der Waals surface area contributed by atoms with E-state index >= 15 is 0 Å². The largest absolute Gasteiger partial charge is 0.491 e. The summed E-state index contributed by atoms with van der Waals surface area (Å²) in [5, 5.41) is 3.84. The fourth-order valence-electron chi connectivity index (χ4n) is 3.71. The molecule has 3 saturated heterocycles. The lowest BCUT2D eigenvalue weighted by molar-refractivity contribution is 0.0652. The van der Waals surface area contributed by atoms with Crippen LogP contribution in [0, 0.1) is 5.92 Å². The molecule has 2 unspecified atom stereocenters. The van der Waals surface area contributed by atoms with Gasteiger partial charge in [-0.15, -0.1) is 0 Å². The highest BCUT2D eigenvalue weighted by atomic mass is 16.5. The molecule has 4 aliphatic heterocycles. The van der Waals surface area contributed by atoms with Gasteiger partial charge in [0, 0.05) is 18.2 Å². The van der Waals surface area contributed by atoms with Crippen molar-refractivity contribution in [3.63, 3.8) is 0 Å². The van der Waals surface area contributed by atoms with Crippen LogP contribution in [0.4, 0.5) is 0 Å². The second-order valence-electron chi connectivity index (χ2n) is 5.81. The van der Waals surface area contributed by atoms with Crippen LogP contribution >= 0.6 is 0 Å². The minimum atomic E-state index is 0.395. The third-order valence-electron chi connectivity index (χ3n) is 4.77. The number of hydrogen-bond acceptors (Lipinski definition) is 3. The van der Waals surface area contributed by atoms with Crippen LogP contribution in [0.1, 0.15) is 24.4 Å². The molecular weight excluding hydrogens is 224 g/mol. The number of nitrogens with one attached hydrogen (secondary N) is 1. The molecule has 3 nitrogen and oxygen atoms in total. The maximum atomic E-state index is 5.76. The van der Waals surface area contributed by atoms with Gasteiger partial charge in [-0.05, 0) is 37.9 Å². The first kappa shape index (κ1) is 10.8. The molecule has 2 bridgehead atoms. The summed E-state index contributed by atoms with van der Waals surface area (Å²) >= 11 is 0. The lowest BCUT2D eigenvalue weighted by atomic mass is 9.83. The standard InChI is InChI=1S/C15H20N2O/c1-2-4-15-12(3-1)14(10-18-15)16-13-9-17-7-5-11(13)6-8-17/h1-4,11,13-14,16H,5-10H2. The number of benzene rings is 1. The van der Waals surface area contributed by atoms with Crippen LogP contribution < -0.4 is 10.1 Å². The zero-order valence-electron chi connectivity index (χ0n) is 10.6. The van der Waals surface area contributed by atoms with Crippen LogP contribution in [0.2, 0.25) is 0 Å². The highest BCUT2D eigenvalue weighted by molar-refractivity contribution is 5.39. The summed E-state index contributed by atoms with van der Waals surface area (Å²) < 4.78 is 5.76. The lowest BCUT2D eigenvalue weighted by Crippen LogP contribution is -2.56. The molecule has 3 fully saturated rings. The molecule has 0 radical (unpaired) electrons. The molecule has 96 valence electrons. The maximum Gasteiger partial charge on any atom is 0.124 e. The highest BCUT2D eigenvalue weighted by Crippen LogP contribution is 2.34. The number of nitrogens with zero attached hydrogens (tertiary/aromatic N) is 1. The Balaban J connectivity index is 1.50. The van der Waals surface area contributed by atoms with Crippen molar-refractivity contribution in [1.82, 2.24) is 10.2 Å². The topological polar surface area (TPSA) is 24.5 Å². The smallest absolute Gasteiger partial charge is 0.124 e. The third kappa shape index (κ3) is 1.73. The first-order chi connectivity index (χ1) is 8.90. The van der Waals surface area contributed by atoms with E-state index in [9.17, 15) is 0 Å². The molecule has 1 aromatic rings. The number of ether oxygens (including phenoxy) is 1. The number of hydrogen-bond donors (Lipinski definition) is 1. The Bertz CT molecular complexity index is 440. The Morgan fingerprint density at radius 2 is 2.00 bits per heavy atom. The van der Waals surface area contributed by atoms with Gasteiger partial charge in [0.1, 0.15) is 12.4 Å². The minimum absolute atomic E-state index is 0.395. The highest BCUT2D eigenvalue weighted by Gasteiger charge is 2.36. The molecule has 0 saturated carbocycles. The molecule has 3 heteroatoms. The molecule has 1 N–H and O–H groups in total. The van der Waals surface area contributed by atoms with Crippen molar-refractivity contribution >= 4 is 0 Å². The molecule has 1 aromatic carbocycles. The number of para-hydroxylation sites is 1. The maximum absolute atomic E-state index is 5.76. The van der Waals surface area contributed by atoms with E-state index in [0.29, 0.717) is 12.1 Å². The number of fused-ring (bicyclic) bond motifs is 4. The minimum Gasteiger partial charge on any atom is -0.491 e. The SMILES string of the molecule is c1ccc2c(c1)OCC2NC1CN2CCC1CC2. The fourth-order valence-corrected chi connectivity index (χ4v) is 3.71. The van der Waals surface area contributed by atoms with Crippen LogP contribution in [0.5, 0.6) is 5.75 Å². The molecule has 2 atom stereocenters. The van der Waals surface area contributed by atoms with E-state index < -0.39 is 0 Å². The second kappa shape index (κ2) is 4.25. The molecule has 4 aliphatic rings. The summed E-state index contributed by atoms with van der Waals surface area (Å²) in [6, 6.07) is 9.49. The summed E-state index contributed by atoms with van der Waals surface area (Å²) in [6.45, 7) is 4.63. The van der Waals surface area contributed by atoms with Gasteiger partial charge in [0.2, 0.25) is 0 Å². The van der Waals surface area contributed by atoms with E-state index in [4.69, 9.17) is 4.74 Å². The zero-order chi connectivity index (χ0) is 11.9. The van der Waals surface area contributed by atoms with E-state index in [-0.39, 0.29) is 0 Å². The van der Waals surface area contributed by atoms with Crippen LogP contribution in [0.3, 0.4) is 0 Å². The van der Waals surface area contributed by atoms with Crippen LogP contribution in [-0.2, 0) is 0 Å². The monoisotopic (exact) mass is 244 g/mol. The Labute approximate surface area is 108 Å². The molecule has 0 aliphatic carbocycles. The Morgan fingerprint density at radius 3 is 2.78 bits per heavy atom. The van der Waals surface area contributed by atoms with Crippen molar-refractivity contribution in [2.24, 2.45) is 5.92 Å². The summed E-state index contributed by atoms with van der Waals surface area (Å²) in [4.78, 5) is 2.60. The van der Waals surface area contributed by atoms with Gasteiger partial charge >= 0.3 is 0 Å². The van der Waals surface area contributed by atoms with Crippen molar-refractivity contribution < 1.29 is 4.74 Å². The van der Waals surface area contributed by atoms with Gasteiger partial charge in [0.05, 0.1) is 6.04 Å². The predicted molar refractivity (Wildman–Crippen MR) is 70.8 cm³/mol. The average Bonchev–Trinajstić information content (AvgIpc) is 2.84. The molecule has 5 rings (SSSR count). The van der Waals surface area contributed by atoms with E-state index in [1.165, 1.54) is 38.0 Å². The predicted octanol–water partition coefficient (Wildman–Crippen LogP) is 1.80. The van der Waals surface area contributed by atoms with Gasteiger partial charge in [-0.2, -0.15) is 0 Å². The van der Waals surface area contributed by atoms with Crippen molar-refractivity contribution in [2.45, 2.75) is 24.9 Å². The van der Waals surface area contributed by atoms with E-state index in [1.54, 1.807) is 0 Å². The molecule has 18 heavy (non-hydrogen) atoms. The quantitative estimate of drug-likeness (QED) is 0.858. The van der Waals surface area contributed by atoms with Gasteiger partial charge < -0.3 is 15.0 Å². The Morgan fingerprint density at radius 1 is 1.17 bits per heavy atom. The van der Waals surface area contributed by atoms with E-state index in [0.717, 1.165) is 18.3 Å². The van der Waals surface area contributed by atoms with Crippen LogP contribution in [-0.4, -0.2) is 37.2 Å². The molecule has 0 aromatic heterocycles. The number of piperidine rings is 3. The Hall–Kier alpha value is -1.06. The summed E-state index contributed by atoms with van der Waals surface area (Å²) in [5.74, 6) is 1.94. The second-order valence-corrected chi connectivity index (χ2v) is 5.81. The van der Waals surface area contributed by atoms with E-state index in [2.05, 4.69) is 34.5 Å². The normalized spacial score (nSPS) is 37.3. The molecular formula is C15H20N2O.